The summed E-state index contributed by atoms with van der Waals surface area (Å²) < 4.78 is 10.4. The van der Waals surface area contributed by atoms with Crippen molar-refractivity contribution in [2.45, 2.75) is 26.3 Å². The molecule has 0 aliphatic rings. The Morgan fingerprint density at radius 2 is 2.07 bits per heavy atom. The topological polar surface area (TPSA) is 70.3 Å². The van der Waals surface area contributed by atoms with Crippen LogP contribution in [0.15, 0.2) is 6.07 Å². The number of hydrogen-bond acceptors (Lipinski definition) is 5. The summed E-state index contributed by atoms with van der Waals surface area (Å²) in [6, 6.07) is 2.03. The molecule has 2 N–H and O–H groups in total. The molecule has 0 unspecified atom stereocenters. The minimum atomic E-state index is -0.402. The molecule has 0 aliphatic carbocycles. The molecule has 84 valence electrons. The highest BCUT2D eigenvalue weighted by atomic mass is 16.5. The average molecular weight is 211 g/mol. The molecule has 0 aromatic carbocycles. The van der Waals surface area contributed by atoms with E-state index in [-0.39, 0.29) is 0 Å². The molecule has 5 nitrogen and oxygen atoms in total. The maximum atomic E-state index is 5.78. The van der Waals surface area contributed by atoms with Crippen molar-refractivity contribution in [2.75, 3.05) is 13.7 Å². The van der Waals surface area contributed by atoms with Gasteiger partial charge in [0.1, 0.15) is 6.61 Å². The second-order valence-corrected chi connectivity index (χ2v) is 4.11. The molecule has 0 spiro atoms. The Morgan fingerprint density at radius 1 is 1.40 bits per heavy atom. The first-order chi connectivity index (χ1) is 6.90. The summed E-state index contributed by atoms with van der Waals surface area (Å²) in [6.45, 7) is 5.96. The SMILES string of the molecule is COc1cc(C)nc(OCC(C)(C)N)n1. The van der Waals surface area contributed by atoms with E-state index in [1.165, 1.54) is 0 Å². The smallest absolute Gasteiger partial charge is 0.319 e. The van der Waals surface area contributed by atoms with Crippen molar-refractivity contribution in [1.29, 1.82) is 0 Å². The molecule has 1 aromatic heterocycles. The third kappa shape index (κ3) is 4.12. The van der Waals surface area contributed by atoms with Crippen molar-refractivity contribution >= 4 is 0 Å². The maximum absolute atomic E-state index is 5.78. The second-order valence-electron chi connectivity index (χ2n) is 4.11. The van der Waals surface area contributed by atoms with Crippen LogP contribution >= 0.6 is 0 Å². The summed E-state index contributed by atoms with van der Waals surface area (Å²) in [6.07, 6.45) is 0. The van der Waals surface area contributed by atoms with E-state index in [1.54, 1.807) is 13.2 Å². The monoisotopic (exact) mass is 211 g/mol. The first-order valence-electron chi connectivity index (χ1n) is 4.72. The van der Waals surface area contributed by atoms with E-state index < -0.39 is 5.54 Å². The predicted molar refractivity (Wildman–Crippen MR) is 57.1 cm³/mol. The largest absolute Gasteiger partial charge is 0.481 e. The summed E-state index contributed by atoms with van der Waals surface area (Å²) in [5, 5.41) is 0. The summed E-state index contributed by atoms with van der Waals surface area (Å²) >= 11 is 0. The van der Waals surface area contributed by atoms with Gasteiger partial charge in [-0.1, -0.05) is 0 Å². The molecule has 0 aliphatic heterocycles. The number of ether oxygens (including phenoxy) is 2. The molecular formula is C10H17N3O2. The lowest BCUT2D eigenvalue weighted by Crippen LogP contribution is -2.39. The van der Waals surface area contributed by atoms with Crippen LogP contribution in [-0.2, 0) is 0 Å². The van der Waals surface area contributed by atoms with Crippen molar-refractivity contribution < 1.29 is 9.47 Å². The van der Waals surface area contributed by atoms with Gasteiger partial charge in [-0.05, 0) is 20.8 Å². The molecule has 5 heteroatoms. The third-order valence-corrected chi connectivity index (χ3v) is 1.59. The van der Waals surface area contributed by atoms with Crippen LogP contribution in [0.5, 0.6) is 11.9 Å². The van der Waals surface area contributed by atoms with E-state index in [0.717, 1.165) is 5.69 Å². The van der Waals surface area contributed by atoms with Crippen LogP contribution in [0.1, 0.15) is 19.5 Å². The molecule has 0 fully saturated rings. The lowest BCUT2D eigenvalue weighted by atomic mass is 10.1. The van der Waals surface area contributed by atoms with Crippen LogP contribution in [0, 0.1) is 6.92 Å². The normalized spacial score (nSPS) is 11.3. The van der Waals surface area contributed by atoms with Gasteiger partial charge in [-0.2, -0.15) is 4.98 Å². The van der Waals surface area contributed by atoms with Gasteiger partial charge in [-0.3, -0.25) is 0 Å². The highest BCUT2D eigenvalue weighted by molar-refractivity contribution is 5.17. The summed E-state index contributed by atoms with van der Waals surface area (Å²) in [5.41, 5.74) is 6.18. The van der Waals surface area contributed by atoms with E-state index >= 15 is 0 Å². The van der Waals surface area contributed by atoms with Crippen molar-refractivity contribution in [3.05, 3.63) is 11.8 Å². The predicted octanol–water partition coefficient (Wildman–Crippen LogP) is 0.910. The second kappa shape index (κ2) is 4.44. The van der Waals surface area contributed by atoms with Crippen LogP contribution in [0.4, 0.5) is 0 Å². The number of hydrogen-bond donors (Lipinski definition) is 1. The van der Waals surface area contributed by atoms with Crippen LogP contribution in [0.25, 0.3) is 0 Å². The van der Waals surface area contributed by atoms with Crippen molar-refractivity contribution in [3.8, 4) is 11.9 Å². The number of rotatable bonds is 4. The fourth-order valence-electron chi connectivity index (χ4n) is 0.933. The Kier molecular flexibility index (Phi) is 3.47. The van der Waals surface area contributed by atoms with E-state index in [9.17, 15) is 0 Å². The summed E-state index contributed by atoms with van der Waals surface area (Å²) in [4.78, 5) is 8.16. The third-order valence-electron chi connectivity index (χ3n) is 1.59. The standard InChI is InChI=1S/C10H17N3O2/c1-7-5-8(14-4)13-9(12-7)15-6-10(2,3)11/h5H,6,11H2,1-4H3. The molecule has 0 amide bonds. The number of nitrogens with zero attached hydrogens (tertiary/aromatic N) is 2. The van der Waals surface area contributed by atoms with Gasteiger partial charge in [-0.25, -0.2) is 4.98 Å². The van der Waals surface area contributed by atoms with E-state index in [1.807, 2.05) is 20.8 Å². The number of aryl methyl sites for hydroxylation is 1. The fraction of sp³-hybridized carbons (Fsp3) is 0.600. The van der Waals surface area contributed by atoms with Crippen LogP contribution in [-0.4, -0.2) is 29.2 Å². The minimum absolute atomic E-state index is 0.297. The Bertz CT molecular complexity index is 334. The van der Waals surface area contributed by atoms with Crippen LogP contribution in [0.3, 0.4) is 0 Å². The molecule has 1 rings (SSSR count). The highest BCUT2D eigenvalue weighted by Gasteiger charge is 2.13. The Balaban J connectivity index is 2.73. The average Bonchev–Trinajstić information content (AvgIpc) is 2.13. The van der Waals surface area contributed by atoms with Gasteiger partial charge in [0, 0.05) is 17.3 Å². The van der Waals surface area contributed by atoms with Crippen molar-refractivity contribution in [2.24, 2.45) is 5.73 Å². The molecule has 0 atom stereocenters. The highest BCUT2D eigenvalue weighted by Crippen LogP contribution is 2.13. The maximum Gasteiger partial charge on any atom is 0.319 e. The quantitative estimate of drug-likeness (QED) is 0.801. The Morgan fingerprint density at radius 3 is 2.60 bits per heavy atom. The Hall–Kier alpha value is -1.36. The first kappa shape index (κ1) is 11.7. The van der Waals surface area contributed by atoms with Crippen molar-refractivity contribution in [3.63, 3.8) is 0 Å². The van der Waals surface area contributed by atoms with E-state index in [0.29, 0.717) is 18.5 Å². The van der Waals surface area contributed by atoms with Gasteiger partial charge >= 0.3 is 6.01 Å². The number of nitrogens with two attached hydrogens (primary N) is 1. The van der Waals surface area contributed by atoms with E-state index in [2.05, 4.69) is 9.97 Å². The molecule has 0 saturated carbocycles. The van der Waals surface area contributed by atoms with Gasteiger partial charge in [0.2, 0.25) is 5.88 Å². The van der Waals surface area contributed by atoms with Gasteiger partial charge < -0.3 is 15.2 Å². The number of methoxy groups -OCH3 is 1. The number of aromatic nitrogens is 2. The summed E-state index contributed by atoms with van der Waals surface area (Å²) in [5.74, 6) is 0.493. The van der Waals surface area contributed by atoms with Crippen LogP contribution < -0.4 is 15.2 Å². The van der Waals surface area contributed by atoms with Crippen LogP contribution in [0.2, 0.25) is 0 Å². The van der Waals surface area contributed by atoms with E-state index in [4.69, 9.17) is 15.2 Å². The molecule has 0 bridgehead atoms. The zero-order valence-electron chi connectivity index (χ0n) is 9.57. The summed E-state index contributed by atoms with van der Waals surface area (Å²) in [7, 11) is 1.55. The molecule has 1 aromatic rings. The van der Waals surface area contributed by atoms with Gasteiger partial charge in [0.15, 0.2) is 0 Å². The molecule has 0 saturated heterocycles. The molecular weight excluding hydrogens is 194 g/mol. The molecule has 1 heterocycles. The van der Waals surface area contributed by atoms with Gasteiger partial charge in [0.25, 0.3) is 0 Å². The van der Waals surface area contributed by atoms with Gasteiger partial charge in [-0.15, -0.1) is 0 Å². The fourth-order valence-corrected chi connectivity index (χ4v) is 0.933. The minimum Gasteiger partial charge on any atom is -0.481 e. The lowest BCUT2D eigenvalue weighted by molar-refractivity contribution is 0.222. The van der Waals surface area contributed by atoms with Crippen molar-refractivity contribution in [1.82, 2.24) is 9.97 Å². The zero-order chi connectivity index (χ0) is 11.5. The molecule has 15 heavy (non-hydrogen) atoms. The van der Waals surface area contributed by atoms with Gasteiger partial charge in [0.05, 0.1) is 7.11 Å². The molecule has 0 radical (unpaired) electrons. The zero-order valence-corrected chi connectivity index (χ0v) is 9.57. The Labute approximate surface area is 89.6 Å². The first-order valence-corrected chi connectivity index (χ1v) is 4.72. The lowest BCUT2D eigenvalue weighted by Gasteiger charge is -2.18.